The first-order chi connectivity index (χ1) is 13.3. The fourth-order valence-corrected chi connectivity index (χ4v) is 3.29. The molecule has 5 nitrogen and oxygen atoms in total. The van der Waals surface area contributed by atoms with E-state index in [0.29, 0.717) is 0 Å². The molecule has 0 radical (unpaired) electrons. The van der Waals surface area contributed by atoms with Gasteiger partial charge in [-0.05, 0) is 42.4 Å². The Balaban J connectivity index is 2.24. The summed E-state index contributed by atoms with van der Waals surface area (Å²) in [4.78, 5) is 14.6. The van der Waals surface area contributed by atoms with Gasteiger partial charge in [-0.3, -0.25) is 0 Å². The zero-order valence-corrected chi connectivity index (χ0v) is 18.0. The third kappa shape index (κ3) is 5.16. The molecule has 0 aliphatic carbocycles. The molecule has 0 saturated heterocycles. The van der Waals surface area contributed by atoms with Crippen molar-refractivity contribution in [3.05, 3.63) is 47.4 Å². The molecule has 1 aromatic heterocycles. The second kappa shape index (κ2) is 8.54. The van der Waals surface area contributed by atoms with Crippen LogP contribution in [0, 0.1) is 17.5 Å². The minimum Gasteiger partial charge on any atom is -0.488 e. The Labute approximate surface area is 168 Å². The zero-order chi connectivity index (χ0) is 22.0. The fourth-order valence-electron chi connectivity index (χ4n) is 2.26. The summed E-state index contributed by atoms with van der Waals surface area (Å²) in [7, 11) is -2.00. The van der Waals surface area contributed by atoms with Crippen LogP contribution in [-0.2, 0) is 4.43 Å². The van der Waals surface area contributed by atoms with E-state index in [4.69, 9.17) is 14.3 Å². The molecular weight excluding hydrogens is 403 g/mol. The number of carboxylic acids is 1. The molecule has 0 aliphatic heterocycles. The predicted molar refractivity (Wildman–Crippen MR) is 105 cm³/mol. The Morgan fingerprint density at radius 3 is 2.28 bits per heavy atom. The van der Waals surface area contributed by atoms with Crippen molar-refractivity contribution < 1.29 is 32.2 Å². The third-order valence-electron chi connectivity index (χ3n) is 4.97. The van der Waals surface area contributed by atoms with Crippen molar-refractivity contribution in [3.63, 3.8) is 0 Å². The van der Waals surface area contributed by atoms with E-state index < -0.39 is 48.7 Å². The highest BCUT2D eigenvalue weighted by molar-refractivity contribution is 6.74. The highest BCUT2D eigenvalue weighted by atomic mass is 28.4. The topological polar surface area (TPSA) is 68.7 Å². The van der Waals surface area contributed by atoms with Crippen LogP contribution in [0.2, 0.25) is 18.1 Å². The summed E-state index contributed by atoms with van der Waals surface area (Å²) < 4.78 is 54.5. The molecule has 2 aromatic rings. The molecule has 0 amide bonds. The van der Waals surface area contributed by atoms with Gasteiger partial charge in [-0.1, -0.05) is 20.8 Å². The minimum atomic E-state index is -2.00. The molecule has 0 saturated carbocycles. The lowest BCUT2D eigenvalue weighted by molar-refractivity contribution is 0.0690. The van der Waals surface area contributed by atoms with Crippen molar-refractivity contribution in [1.82, 2.24) is 4.98 Å². The molecule has 0 atom stereocenters. The number of carbonyl (C=O) groups is 1. The van der Waals surface area contributed by atoms with E-state index in [0.717, 1.165) is 24.3 Å². The van der Waals surface area contributed by atoms with Crippen molar-refractivity contribution in [2.24, 2.45) is 0 Å². The van der Waals surface area contributed by atoms with Crippen LogP contribution < -0.4 is 4.74 Å². The maximum absolute atomic E-state index is 14.8. The van der Waals surface area contributed by atoms with Crippen molar-refractivity contribution in [3.8, 4) is 17.0 Å². The van der Waals surface area contributed by atoms with Crippen LogP contribution in [0.15, 0.2) is 24.3 Å². The number of aromatic nitrogens is 1. The van der Waals surface area contributed by atoms with Gasteiger partial charge < -0.3 is 14.3 Å². The SMILES string of the molecule is CC(C)(C)[Si](C)(C)OCCOc1ccc(F)c(-c2nc(C(=O)O)ccc2F)c1F. The Hall–Kier alpha value is -2.39. The highest BCUT2D eigenvalue weighted by Gasteiger charge is 2.37. The molecule has 0 unspecified atom stereocenters. The molecule has 0 spiro atoms. The Morgan fingerprint density at radius 1 is 1.07 bits per heavy atom. The summed E-state index contributed by atoms with van der Waals surface area (Å²) in [5.41, 5.74) is -2.05. The van der Waals surface area contributed by atoms with Gasteiger partial charge in [0.15, 0.2) is 19.9 Å². The van der Waals surface area contributed by atoms with Crippen LogP contribution in [-0.4, -0.2) is 37.6 Å². The highest BCUT2D eigenvalue weighted by Crippen LogP contribution is 2.36. The van der Waals surface area contributed by atoms with Crippen LogP contribution in [0.5, 0.6) is 5.75 Å². The van der Waals surface area contributed by atoms with E-state index in [9.17, 15) is 18.0 Å². The number of hydrogen-bond acceptors (Lipinski definition) is 4. The number of nitrogens with zero attached hydrogens (tertiary/aromatic N) is 1. The van der Waals surface area contributed by atoms with Gasteiger partial charge in [-0.25, -0.2) is 22.9 Å². The lowest BCUT2D eigenvalue weighted by Gasteiger charge is -2.36. The number of rotatable bonds is 7. The fraction of sp³-hybridized carbons (Fsp3) is 0.400. The van der Waals surface area contributed by atoms with E-state index in [1.807, 2.05) is 0 Å². The number of hydrogen-bond donors (Lipinski definition) is 1. The monoisotopic (exact) mass is 427 g/mol. The average molecular weight is 427 g/mol. The number of halogens is 3. The van der Waals surface area contributed by atoms with E-state index in [2.05, 4.69) is 38.8 Å². The van der Waals surface area contributed by atoms with E-state index in [-0.39, 0.29) is 24.0 Å². The molecule has 0 aliphatic rings. The van der Waals surface area contributed by atoms with Gasteiger partial charge in [0.2, 0.25) is 0 Å². The molecule has 1 aromatic carbocycles. The second-order valence-electron chi connectivity index (χ2n) is 8.02. The van der Waals surface area contributed by atoms with E-state index in [1.54, 1.807) is 0 Å². The summed E-state index contributed by atoms with van der Waals surface area (Å²) >= 11 is 0. The molecule has 2 rings (SSSR count). The largest absolute Gasteiger partial charge is 0.488 e. The lowest BCUT2D eigenvalue weighted by atomic mass is 10.1. The standard InChI is InChI=1S/C20H24F3NO4Si/c1-20(2,3)29(4,5)28-11-10-27-15-9-7-12(21)16(17(15)23)18-13(22)6-8-14(24-18)19(25)26/h6-9H,10-11H2,1-5H3,(H,25,26). The normalized spacial score (nSPS) is 12.1. The van der Waals surface area contributed by atoms with Gasteiger partial charge in [0.25, 0.3) is 0 Å². The minimum absolute atomic E-state index is 0.000348. The van der Waals surface area contributed by atoms with Crippen molar-refractivity contribution in [2.75, 3.05) is 13.2 Å². The van der Waals surface area contributed by atoms with E-state index in [1.165, 1.54) is 0 Å². The van der Waals surface area contributed by atoms with Crippen LogP contribution in [0.3, 0.4) is 0 Å². The first-order valence-electron chi connectivity index (χ1n) is 9.00. The molecule has 158 valence electrons. The third-order valence-corrected chi connectivity index (χ3v) is 9.51. The Morgan fingerprint density at radius 2 is 1.69 bits per heavy atom. The Kier molecular flexibility index (Phi) is 6.74. The van der Waals surface area contributed by atoms with Crippen molar-refractivity contribution >= 4 is 14.3 Å². The Bertz CT molecular complexity index is 913. The molecule has 0 fully saturated rings. The number of carboxylic acid groups (broad SMARTS) is 1. The summed E-state index contributed by atoms with van der Waals surface area (Å²) in [5, 5.41) is 9.00. The number of pyridine rings is 1. The van der Waals surface area contributed by atoms with Crippen molar-refractivity contribution in [1.29, 1.82) is 0 Å². The van der Waals surface area contributed by atoms with Gasteiger partial charge in [-0.15, -0.1) is 0 Å². The number of ether oxygens (including phenoxy) is 1. The number of benzene rings is 1. The maximum Gasteiger partial charge on any atom is 0.354 e. The first-order valence-corrected chi connectivity index (χ1v) is 11.9. The number of aromatic carboxylic acids is 1. The van der Waals surface area contributed by atoms with Crippen LogP contribution in [0.25, 0.3) is 11.3 Å². The lowest BCUT2D eigenvalue weighted by Crippen LogP contribution is -2.41. The maximum atomic E-state index is 14.8. The summed E-state index contributed by atoms with van der Waals surface area (Å²) in [6, 6.07) is 3.71. The molecule has 1 N–H and O–H groups in total. The van der Waals surface area contributed by atoms with E-state index >= 15 is 0 Å². The van der Waals surface area contributed by atoms with Crippen LogP contribution in [0.1, 0.15) is 31.3 Å². The van der Waals surface area contributed by atoms with Crippen LogP contribution >= 0.6 is 0 Å². The average Bonchev–Trinajstić information content (AvgIpc) is 2.60. The second-order valence-corrected chi connectivity index (χ2v) is 12.8. The smallest absolute Gasteiger partial charge is 0.354 e. The first kappa shape index (κ1) is 22.9. The molecule has 9 heteroatoms. The quantitative estimate of drug-likeness (QED) is 0.482. The van der Waals surface area contributed by atoms with Gasteiger partial charge in [0, 0.05) is 0 Å². The van der Waals surface area contributed by atoms with Gasteiger partial charge >= 0.3 is 5.97 Å². The molecule has 0 bridgehead atoms. The zero-order valence-electron chi connectivity index (χ0n) is 17.0. The van der Waals surface area contributed by atoms with Gasteiger partial charge in [0.05, 0.1) is 12.2 Å². The summed E-state index contributed by atoms with van der Waals surface area (Å²) in [5.74, 6) is -5.04. The van der Waals surface area contributed by atoms with Crippen LogP contribution in [0.4, 0.5) is 13.2 Å². The van der Waals surface area contributed by atoms with Gasteiger partial charge in [0.1, 0.15) is 29.6 Å². The van der Waals surface area contributed by atoms with Gasteiger partial charge in [-0.2, -0.15) is 0 Å². The molecule has 1 heterocycles. The summed E-state index contributed by atoms with van der Waals surface area (Å²) in [6.07, 6.45) is 0. The predicted octanol–water partition coefficient (Wildman–Crippen LogP) is 5.26. The van der Waals surface area contributed by atoms with Crippen molar-refractivity contribution in [2.45, 2.75) is 38.9 Å². The summed E-state index contributed by atoms with van der Waals surface area (Å²) in [6.45, 7) is 10.6. The molecular formula is C20H24F3NO4Si. The molecule has 29 heavy (non-hydrogen) atoms.